The van der Waals surface area contributed by atoms with Crippen LogP contribution in [0.2, 0.25) is 0 Å². The van der Waals surface area contributed by atoms with Gasteiger partial charge in [-0.3, -0.25) is 9.78 Å². The van der Waals surface area contributed by atoms with Crippen LogP contribution in [0.1, 0.15) is 41.0 Å². The smallest absolute Gasteiger partial charge is 0.256 e. The lowest BCUT2D eigenvalue weighted by Gasteiger charge is -2.37. The summed E-state index contributed by atoms with van der Waals surface area (Å²) in [5.74, 6) is -0.00116. The number of hydrogen-bond acceptors (Lipinski definition) is 3. The number of amides is 1. The van der Waals surface area contributed by atoms with Crippen molar-refractivity contribution in [2.75, 3.05) is 13.2 Å². The number of carbonyl (C=O) groups excluding carboxylic acids is 1. The molecule has 0 aliphatic heterocycles. The Morgan fingerprint density at radius 2 is 2.17 bits per heavy atom. The highest BCUT2D eigenvalue weighted by Gasteiger charge is 2.29. The van der Waals surface area contributed by atoms with E-state index in [0.29, 0.717) is 18.2 Å². The molecule has 1 aromatic heterocycles. The quantitative estimate of drug-likeness (QED) is 0.882. The van der Waals surface area contributed by atoms with E-state index in [1.807, 2.05) is 26.0 Å². The summed E-state index contributed by atoms with van der Waals surface area (Å²) in [5, 5.41) is 9.10. The molecule has 1 saturated carbocycles. The fourth-order valence-electron chi connectivity index (χ4n) is 2.32. The van der Waals surface area contributed by atoms with E-state index in [-0.39, 0.29) is 12.5 Å². The molecule has 0 unspecified atom stereocenters. The van der Waals surface area contributed by atoms with Crippen LogP contribution in [0.15, 0.2) is 12.1 Å². The monoisotopic (exact) mass is 248 g/mol. The van der Waals surface area contributed by atoms with Crippen LogP contribution in [0, 0.1) is 13.8 Å². The lowest BCUT2D eigenvalue weighted by atomic mass is 9.91. The molecule has 4 nitrogen and oxygen atoms in total. The number of aryl methyl sites for hydroxylation is 2. The first-order chi connectivity index (χ1) is 8.63. The highest BCUT2D eigenvalue weighted by Crippen LogP contribution is 2.26. The van der Waals surface area contributed by atoms with Gasteiger partial charge in [0.25, 0.3) is 5.91 Å². The summed E-state index contributed by atoms with van der Waals surface area (Å²) >= 11 is 0. The Morgan fingerprint density at radius 3 is 2.67 bits per heavy atom. The van der Waals surface area contributed by atoms with Crippen LogP contribution in [0.5, 0.6) is 0 Å². The van der Waals surface area contributed by atoms with Crippen LogP contribution in [0.4, 0.5) is 0 Å². The van der Waals surface area contributed by atoms with Crippen molar-refractivity contribution in [3.8, 4) is 0 Å². The Hall–Kier alpha value is -1.42. The topological polar surface area (TPSA) is 53.4 Å². The molecule has 0 atom stereocenters. The first-order valence-electron chi connectivity index (χ1n) is 6.49. The molecule has 98 valence electrons. The Labute approximate surface area is 108 Å². The van der Waals surface area contributed by atoms with Crippen LogP contribution in [-0.2, 0) is 0 Å². The molecular weight excluding hydrogens is 228 g/mol. The predicted octanol–water partition coefficient (Wildman–Crippen LogP) is 1.69. The average molecular weight is 248 g/mol. The van der Waals surface area contributed by atoms with E-state index in [4.69, 9.17) is 5.11 Å². The van der Waals surface area contributed by atoms with E-state index in [2.05, 4.69) is 4.98 Å². The minimum atomic E-state index is -0.00116. The molecule has 1 fully saturated rings. The maximum absolute atomic E-state index is 12.5. The van der Waals surface area contributed by atoms with Gasteiger partial charge in [-0.15, -0.1) is 0 Å². The van der Waals surface area contributed by atoms with Gasteiger partial charge in [0.05, 0.1) is 17.9 Å². The Kier molecular flexibility index (Phi) is 3.97. The lowest BCUT2D eigenvalue weighted by Crippen LogP contribution is -2.45. The third kappa shape index (κ3) is 2.53. The SMILES string of the molecule is Cc1ccc(C(=O)N(CCO)C2CCC2)c(C)n1. The standard InChI is InChI=1S/C14H20N2O2/c1-10-6-7-13(11(2)15-10)14(18)16(8-9-17)12-4-3-5-12/h6-7,12,17H,3-5,8-9H2,1-2H3. The molecule has 2 rings (SSSR count). The summed E-state index contributed by atoms with van der Waals surface area (Å²) < 4.78 is 0. The molecular formula is C14H20N2O2. The van der Waals surface area contributed by atoms with E-state index in [1.54, 1.807) is 4.90 Å². The predicted molar refractivity (Wildman–Crippen MR) is 69.5 cm³/mol. The van der Waals surface area contributed by atoms with Gasteiger partial charge >= 0.3 is 0 Å². The summed E-state index contributed by atoms with van der Waals surface area (Å²) in [6.07, 6.45) is 3.26. The summed E-state index contributed by atoms with van der Waals surface area (Å²) in [6.45, 7) is 4.20. The van der Waals surface area contributed by atoms with Crippen LogP contribution in [0.3, 0.4) is 0 Å². The molecule has 0 bridgehead atoms. The van der Waals surface area contributed by atoms with Gasteiger partial charge < -0.3 is 10.0 Å². The molecule has 1 amide bonds. The molecule has 0 aromatic carbocycles. The second kappa shape index (κ2) is 5.48. The van der Waals surface area contributed by atoms with Crippen molar-refractivity contribution in [2.45, 2.75) is 39.2 Å². The second-order valence-corrected chi connectivity index (χ2v) is 4.89. The van der Waals surface area contributed by atoms with Gasteiger partial charge in [-0.25, -0.2) is 0 Å². The normalized spacial score (nSPS) is 15.3. The highest BCUT2D eigenvalue weighted by molar-refractivity contribution is 5.95. The van der Waals surface area contributed by atoms with E-state index in [0.717, 1.165) is 24.2 Å². The molecule has 0 spiro atoms. The third-order valence-corrected chi connectivity index (χ3v) is 3.57. The van der Waals surface area contributed by atoms with Crippen molar-refractivity contribution in [1.29, 1.82) is 0 Å². The zero-order valence-corrected chi connectivity index (χ0v) is 11.0. The van der Waals surface area contributed by atoms with Gasteiger partial charge in [-0.2, -0.15) is 0 Å². The molecule has 1 aliphatic carbocycles. The zero-order chi connectivity index (χ0) is 13.1. The zero-order valence-electron chi connectivity index (χ0n) is 11.0. The van der Waals surface area contributed by atoms with Crippen molar-refractivity contribution < 1.29 is 9.90 Å². The van der Waals surface area contributed by atoms with Gasteiger partial charge in [0, 0.05) is 18.3 Å². The Bertz CT molecular complexity index is 441. The van der Waals surface area contributed by atoms with Crippen LogP contribution < -0.4 is 0 Å². The highest BCUT2D eigenvalue weighted by atomic mass is 16.3. The molecule has 0 saturated heterocycles. The minimum absolute atomic E-state index is 0.00116. The van der Waals surface area contributed by atoms with Crippen LogP contribution >= 0.6 is 0 Å². The fraction of sp³-hybridized carbons (Fsp3) is 0.571. The Morgan fingerprint density at radius 1 is 1.44 bits per heavy atom. The molecule has 4 heteroatoms. The van der Waals surface area contributed by atoms with Crippen molar-refractivity contribution in [3.05, 3.63) is 29.1 Å². The average Bonchev–Trinajstić information content (AvgIpc) is 2.25. The van der Waals surface area contributed by atoms with Gasteiger partial charge in [-0.1, -0.05) is 0 Å². The van der Waals surface area contributed by atoms with Crippen molar-refractivity contribution in [2.24, 2.45) is 0 Å². The molecule has 1 N–H and O–H groups in total. The number of aliphatic hydroxyl groups is 1. The van der Waals surface area contributed by atoms with Crippen molar-refractivity contribution in [1.82, 2.24) is 9.88 Å². The van der Waals surface area contributed by atoms with E-state index < -0.39 is 0 Å². The molecule has 1 heterocycles. The van der Waals surface area contributed by atoms with Crippen LogP contribution in [-0.4, -0.2) is 40.1 Å². The van der Waals surface area contributed by atoms with Crippen molar-refractivity contribution >= 4 is 5.91 Å². The summed E-state index contributed by atoms with van der Waals surface area (Å²) in [7, 11) is 0. The van der Waals surface area contributed by atoms with Crippen LogP contribution in [0.25, 0.3) is 0 Å². The maximum Gasteiger partial charge on any atom is 0.256 e. The van der Waals surface area contributed by atoms with Gasteiger partial charge in [-0.05, 0) is 45.2 Å². The number of rotatable bonds is 4. The first kappa shape index (κ1) is 13.0. The lowest BCUT2D eigenvalue weighted by molar-refractivity contribution is 0.0524. The second-order valence-electron chi connectivity index (χ2n) is 4.89. The van der Waals surface area contributed by atoms with E-state index >= 15 is 0 Å². The molecule has 0 radical (unpaired) electrons. The number of nitrogens with zero attached hydrogens (tertiary/aromatic N) is 2. The summed E-state index contributed by atoms with van der Waals surface area (Å²) in [4.78, 5) is 18.6. The molecule has 18 heavy (non-hydrogen) atoms. The largest absolute Gasteiger partial charge is 0.395 e. The number of aliphatic hydroxyl groups excluding tert-OH is 1. The molecule has 1 aliphatic rings. The van der Waals surface area contributed by atoms with Gasteiger partial charge in [0.2, 0.25) is 0 Å². The molecule has 1 aromatic rings. The van der Waals surface area contributed by atoms with Gasteiger partial charge in [0.15, 0.2) is 0 Å². The maximum atomic E-state index is 12.5. The number of hydrogen-bond donors (Lipinski definition) is 1. The number of pyridine rings is 1. The van der Waals surface area contributed by atoms with Crippen molar-refractivity contribution in [3.63, 3.8) is 0 Å². The third-order valence-electron chi connectivity index (χ3n) is 3.57. The van der Waals surface area contributed by atoms with E-state index in [1.165, 1.54) is 6.42 Å². The van der Waals surface area contributed by atoms with E-state index in [9.17, 15) is 4.79 Å². The van der Waals surface area contributed by atoms with Gasteiger partial charge in [0.1, 0.15) is 0 Å². The number of carbonyl (C=O) groups is 1. The number of aromatic nitrogens is 1. The minimum Gasteiger partial charge on any atom is -0.395 e. The fourth-order valence-corrected chi connectivity index (χ4v) is 2.32. The summed E-state index contributed by atoms with van der Waals surface area (Å²) in [6, 6.07) is 3.99. The first-order valence-corrected chi connectivity index (χ1v) is 6.49. The Balaban J connectivity index is 2.21. The summed E-state index contributed by atoms with van der Waals surface area (Å²) in [5.41, 5.74) is 2.34.